The van der Waals surface area contributed by atoms with Gasteiger partial charge in [-0.05, 0) is 66.3 Å². The van der Waals surface area contributed by atoms with Crippen LogP contribution >= 0.6 is 0 Å². The van der Waals surface area contributed by atoms with Crippen molar-refractivity contribution in [3.05, 3.63) is 83.9 Å². The molecule has 1 saturated carbocycles. The lowest BCUT2D eigenvalue weighted by atomic mass is 9.86. The summed E-state index contributed by atoms with van der Waals surface area (Å²) in [6.45, 7) is -2.19. The summed E-state index contributed by atoms with van der Waals surface area (Å²) in [7, 11) is 1.65. The van der Waals surface area contributed by atoms with Gasteiger partial charge in [0.15, 0.2) is 5.65 Å². The van der Waals surface area contributed by atoms with Crippen LogP contribution in [-0.4, -0.2) is 55.1 Å². The summed E-state index contributed by atoms with van der Waals surface area (Å²) in [5.74, 6) is 0.627. The van der Waals surface area contributed by atoms with Gasteiger partial charge in [0, 0.05) is 38.7 Å². The zero-order chi connectivity index (χ0) is 29.7. The Morgan fingerprint density at radius 1 is 1.19 bits per heavy atom. The number of hydrogen-bond donors (Lipinski definition) is 3. The van der Waals surface area contributed by atoms with Crippen LogP contribution in [0.4, 0.5) is 14.5 Å². The number of nitrogens with one attached hydrogen (secondary N) is 2. The van der Waals surface area contributed by atoms with Gasteiger partial charge in [-0.2, -0.15) is 19.0 Å². The van der Waals surface area contributed by atoms with Gasteiger partial charge in [-0.1, -0.05) is 6.07 Å². The number of hydrogen-bond acceptors (Lipinski definition) is 8. The third-order valence-corrected chi connectivity index (χ3v) is 7.61. The predicted molar refractivity (Wildman–Crippen MR) is 151 cm³/mol. The smallest absolute Gasteiger partial charge is 0.387 e. The van der Waals surface area contributed by atoms with E-state index in [1.165, 1.54) is 33.6 Å². The molecule has 0 atom stereocenters. The highest BCUT2D eigenvalue weighted by Gasteiger charge is 2.38. The average molecular weight is 588 g/mol. The molecule has 5 aromatic rings. The minimum Gasteiger partial charge on any atom is -0.457 e. The maximum absolute atomic E-state index is 13.4. The Morgan fingerprint density at radius 3 is 2.77 bits per heavy atom. The standard InChI is InChI=1S/C30H27F2N7O4/c1-38-14-24(36-28(40)23-13-35-39-8-2-7-34-27(23)39)26(37-38)22-12-20(5-6-25(22)43-29(31)32)42-21-10-18(17-3-4-17)9-19(11-21)30(41)15-33-16-30/h2,5-14,17,29,33,41H,3-4,15-16H2,1H3,(H,36,40). The number of benzene rings is 2. The van der Waals surface area contributed by atoms with Crippen LogP contribution in [0, 0.1) is 0 Å². The fraction of sp³-hybridized carbons (Fsp3) is 0.267. The van der Waals surface area contributed by atoms with Crippen LogP contribution in [0.25, 0.3) is 16.9 Å². The lowest BCUT2D eigenvalue weighted by molar-refractivity contribution is -0.0494. The third kappa shape index (κ3) is 5.28. The summed E-state index contributed by atoms with van der Waals surface area (Å²) in [5.41, 5.74) is 2.11. The molecule has 3 N–H and O–H groups in total. The molecule has 11 nitrogen and oxygen atoms in total. The number of aryl methyl sites for hydroxylation is 1. The molecule has 1 aliphatic heterocycles. The van der Waals surface area contributed by atoms with E-state index in [-0.39, 0.29) is 28.3 Å². The van der Waals surface area contributed by atoms with Crippen LogP contribution in [0.15, 0.2) is 67.3 Å². The first-order valence-corrected chi connectivity index (χ1v) is 13.7. The highest BCUT2D eigenvalue weighted by atomic mass is 19.3. The summed E-state index contributed by atoms with van der Waals surface area (Å²) in [4.78, 5) is 17.5. The number of rotatable bonds is 9. The number of carbonyl (C=O) groups excluding carboxylic acids is 1. The van der Waals surface area contributed by atoms with E-state index in [4.69, 9.17) is 9.47 Å². The molecule has 43 heavy (non-hydrogen) atoms. The molecule has 0 radical (unpaired) electrons. The number of aromatic nitrogens is 5. The number of ether oxygens (including phenoxy) is 2. The van der Waals surface area contributed by atoms with Gasteiger partial charge in [0.2, 0.25) is 0 Å². The van der Waals surface area contributed by atoms with E-state index in [1.807, 2.05) is 12.1 Å². The largest absolute Gasteiger partial charge is 0.457 e. The normalized spacial score (nSPS) is 15.8. The zero-order valence-electron chi connectivity index (χ0n) is 23.0. The van der Waals surface area contributed by atoms with Crippen molar-refractivity contribution < 1.29 is 28.2 Å². The van der Waals surface area contributed by atoms with E-state index in [0.29, 0.717) is 36.2 Å². The first-order valence-electron chi connectivity index (χ1n) is 13.7. The fourth-order valence-electron chi connectivity index (χ4n) is 5.22. The topological polar surface area (TPSA) is 128 Å². The molecule has 220 valence electrons. The third-order valence-electron chi connectivity index (χ3n) is 7.61. The van der Waals surface area contributed by atoms with Gasteiger partial charge in [0.25, 0.3) is 5.91 Å². The fourth-order valence-corrected chi connectivity index (χ4v) is 5.22. The molecule has 2 fully saturated rings. The summed E-state index contributed by atoms with van der Waals surface area (Å²) in [6, 6.07) is 11.9. The Bertz CT molecular complexity index is 1850. The van der Waals surface area contributed by atoms with E-state index < -0.39 is 18.1 Å². The molecule has 1 aliphatic carbocycles. The van der Waals surface area contributed by atoms with Crippen molar-refractivity contribution in [2.75, 3.05) is 18.4 Å². The number of halogens is 2. The summed E-state index contributed by atoms with van der Waals surface area (Å²) in [6.07, 6.45) is 8.32. The van der Waals surface area contributed by atoms with E-state index in [9.17, 15) is 18.7 Å². The first kappa shape index (κ1) is 27.0. The lowest BCUT2D eigenvalue weighted by Crippen LogP contribution is -2.56. The summed E-state index contributed by atoms with van der Waals surface area (Å²) in [5, 5.41) is 25.5. The minimum atomic E-state index is -3.09. The second kappa shape index (κ2) is 10.4. The van der Waals surface area contributed by atoms with Gasteiger partial charge < -0.3 is 25.2 Å². The molecule has 1 amide bonds. The van der Waals surface area contributed by atoms with Crippen molar-refractivity contribution in [1.82, 2.24) is 29.7 Å². The van der Waals surface area contributed by atoms with E-state index in [1.54, 1.807) is 37.8 Å². The molecular formula is C30H27F2N7O4. The number of nitrogens with zero attached hydrogens (tertiary/aromatic N) is 5. The van der Waals surface area contributed by atoms with E-state index in [0.717, 1.165) is 24.0 Å². The summed E-state index contributed by atoms with van der Waals surface area (Å²) >= 11 is 0. The molecule has 2 aromatic carbocycles. The number of aliphatic hydroxyl groups is 1. The van der Waals surface area contributed by atoms with Crippen molar-refractivity contribution in [1.29, 1.82) is 0 Å². The van der Waals surface area contributed by atoms with Crippen LogP contribution < -0.4 is 20.1 Å². The first-order chi connectivity index (χ1) is 20.8. The molecular weight excluding hydrogens is 560 g/mol. The second-order valence-electron chi connectivity index (χ2n) is 10.8. The zero-order valence-corrected chi connectivity index (χ0v) is 23.0. The minimum absolute atomic E-state index is 0.142. The van der Waals surface area contributed by atoms with Crippen LogP contribution in [0.5, 0.6) is 17.2 Å². The average Bonchev–Trinajstić information content (AvgIpc) is 3.63. The number of fused-ring (bicyclic) bond motifs is 1. The van der Waals surface area contributed by atoms with Crippen LogP contribution in [-0.2, 0) is 12.6 Å². The van der Waals surface area contributed by atoms with Crippen LogP contribution in [0.3, 0.4) is 0 Å². The number of β-amino-alcohol motifs (C(OH)–C–C–N with tert-alkyl or cyclic N) is 1. The number of anilines is 1. The quantitative estimate of drug-likeness (QED) is 0.231. The highest BCUT2D eigenvalue weighted by molar-refractivity contribution is 6.09. The SMILES string of the molecule is Cn1cc(NC(=O)c2cnn3cccnc23)c(-c2cc(Oc3cc(C4CC4)cc(C4(O)CNC4)c3)ccc2OC(F)F)n1. The van der Waals surface area contributed by atoms with Crippen molar-refractivity contribution in [3.8, 4) is 28.5 Å². The molecule has 0 spiro atoms. The van der Waals surface area contributed by atoms with E-state index >= 15 is 0 Å². The number of carbonyl (C=O) groups is 1. The Labute approximate surface area is 244 Å². The van der Waals surface area contributed by atoms with Crippen molar-refractivity contribution in [3.63, 3.8) is 0 Å². The Balaban J connectivity index is 1.24. The highest BCUT2D eigenvalue weighted by Crippen LogP contribution is 2.44. The summed E-state index contributed by atoms with van der Waals surface area (Å²) < 4.78 is 40.9. The number of alkyl halides is 2. The van der Waals surface area contributed by atoms with Gasteiger partial charge in [-0.15, -0.1) is 0 Å². The molecule has 0 unspecified atom stereocenters. The molecule has 4 heterocycles. The van der Waals surface area contributed by atoms with Gasteiger partial charge in [0.05, 0.1) is 17.4 Å². The second-order valence-corrected chi connectivity index (χ2v) is 10.8. The lowest BCUT2D eigenvalue weighted by Gasteiger charge is -2.38. The molecule has 2 aliphatic rings. The Hall–Kier alpha value is -4.88. The van der Waals surface area contributed by atoms with Crippen molar-refractivity contribution >= 4 is 17.2 Å². The van der Waals surface area contributed by atoms with Gasteiger partial charge in [0.1, 0.15) is 34.1 Å². The molecule has 3 aromatic heterocycles. The predicted octanol–water partition coefficient (Wildman–Crippen LogP) is 4.44. The molecule has 0 bridgehead atoms. The van der Waals surface area contributed by atoms with Crippen LogP contribution in [0.1, 0.15) is 40.2 Å². The molecule has 1 saturated heterocycles. The molecule has 7 rings (SSSR count). The Kier molecular flexibility index (Phi) is 6.55. The van der Waals surface area contributed by atoms with E-state index in [2.05, 4.69) is 25.8 Å². The van der Waals surface area contributed by atoms with Crippen LogP contribution in [0.2, 0.25) is 0 Å². The van der Waals surface area contributed by atoms with Gasteiger partial charge in [-0.3, -0.25) is 9.48 Å². The molecule has 13 heteroatoms. The van der Waals surface area contributed by atoms with Gasteiger partial charge >= 0.3 is 6.61 Å². The van der Waals surface area contributed by atoms with Gasteiger partial charge in [-0.25, -0.2) is 9.50 Å². The van der Waals surface area contributed by atoms with Crippen molar-refractivity contribution in [2.24, 2.45) is 7.05 Å². The number of amides is 1. The monoisotopic (exact) mass is 587 g/mol. The maximum Gasteiger partial charge on any atom is 0.387 e. The van der Waals surface area contributed by atoms with Crippen molar-refractivity contribution in [2.45, 2.75) is 31.0 Å². The maximum atomic E-state index is 13.4. The Morgan fingerprint density at radius 2 is 2.02 bits per heavy atom.